The number of hydrogen-bond donors (Lipinski definition) is 1. The second-order valence-electron chi connectivity index (χ2n) is 4.69. The molecule has 1 aromatic heterocycles. The van der Waals surface area contributed by atoms with E-state index in [0.717, 1.165) is 11.4 Å². The number of nitrogens with zero attached hydrogens (tertiary/aromatic N) is 2. The first-order valence-corrected chi connectivity index (χ1v) is 6.35. The summed E-state index contributed by atoms with van der Waals surface area (Å²) in [6.45, 7) is 4.39. The Morgan fingerprint density at radius 3 is 2.35 bits per heavy atom. The average Bonchev–Trinajstić information content (AvgIpc) is 2.67. The van der Waals surface area contributed by atoms with E-state index in [4.69, 9.17) is 5.73 Å². The van der Waals surface area contributed by atoms with Crippen molar-refractivity contribution in [2.45, 2.75) is 32.9 Å². The van der Waals surface area contributed by atoms with Gasteiger partial charge in [-0.05, 0) is 19.9 Å². The number of aryl methyl sites for hydroxylation is 2. The molecule has 0 saturated carbocycles. The quantitative estimate of drug-likeness (QED) is 0.937. The SMILES string of the molecule is CCn1nc(C)cc1CC(N)c1c(F)cc(F)cc1F. The van der Waals surface area contributed by atoms with Crippen molar-refractivity contribution in [1.82, 2.24) is 9.78 Å². The van der Waals surface area contributed by atoms with Gasteiger partial charge in [0, 0.05) is 42.4 Å². The third-order valence-electron chi connectivity index (χ3n) is 3.13. The predicted octanol–water partition coefficient (Wildman–Crippen LogP) is 2.87. The highest BCUT2D eigenvalue weighted by Crippen LogP contribution is 2.23. The number of benzene rings is 1. The van der Waals surface area contributed by atoms with Crippen molar-refractivity contribution in [3.63, 3.8) is 0 Å². The molecule has 0 saturated heterocycles. The fourth-order valence-electron chi connectivity index (χ4n) is 2.27. The average molecular weight is 283 g/mol. The van der Waals surface area contributed by atoms with E-state index in [2.05, 4.69) is 5.10 Å². The highest BCUT2D eigenvalue weighted by Gasteiger charge is 2.20. The van der Waals surface area contributed by atoms with Gasteiger partial charge in [-0.2, -0.15) is 5.10 Å². The minimum absolute atomic E-state index is 0.230. The third kappa shape index (κ3) is 2.85. The molecule has 108 valence electrons. The molecule has 3 nitrogen and oxygen atoms in total. The van der Waals surface area contributed by atoms with Crippen LogP contribution >= 0.6 is 0 Å². The molecule has 0 spiro atoms. The first-order valence-electron chi connectivity index (χ1n) is 6.35. The third-order valence-corrected chi connectivity index (χ3v) is 3.13. The lowest BCUT2D eigenvalue weighted by molar-refractivity contribution is 0.494. The van der Waals surface area contributed by atoms with Crippen LogP contribution in [0.4, 0.5) is 13.2 Å². The normalized spacial score (nSPS) is 12.7. The van der Waals surface area contributed by atoms with Crippen molar-refractivity contribution in [3.8, 4) is 0 Å². The van der Waals surface area contributed by atoms with Crippen LogP contribution in [0.1, 0.15) is 29.9 Å². The molecule has 20 heavy (non-hydrogen) atoms. The fraction of sp³-hybridized carbons (Fsp3) is 0.357. The summed E-state index contributed by atoms with van der Waals surface area (Å²) in [5.74, 6) is -2.88. The Hall–Kier alpha value is -1.82. The molecule has 2 rings (SSSR count). The number of aromatic nitrogens is 2. The molecule has 0 aliphatic carbocycles. The summed E-state index contributed by atoms with van der Waals surface area (Å²) in [7, 11) is 0. The van der Waals surface area contributed by atoms with Gasteiger partial charge in [0.05, 0.1) is 5.69 Å². The largest absolute Gasteiger partial charge is 0.323 e. The van der Waals surface area contributed by atoms with E-state index in [9.17, 15) is 13.2 Å². The lowest BCUT2D eigenvalue weighted by atomic mass is 10.0. The Labute approximate surface area is 115 Å². The molecule has 6 heteroatoms. The lowest BCUT2D eigenvalue weighted by Crippen LogP contribution is -2.19. The zero-order valence-corrected chi connectivity index (χ0v) is 11.3. The van der Waals surface area contributed by atoms with Crippen molar-refractivity contribution >= 4 is 0 Å². The van der Waals surface area contributed by atoms with Crippen LogP contribution in [0.25, 0.3) is 0 Å². The van der Waals surface area contributed by atoms with E-state index in [0.29, 0.717) is 18.7 Å². The predicted molar refractivity (Wildman–Crippen MR) is 69.6 cm³/mol. The zero-order chi connectivity index (χ0) is 14.9. The molecular formula is C14H16F3N3. The number of rotatable bonds is 4. The molecule has 0 aliphatic rings. The number of halogens is 3. The number of hydrogen-bond acceptors (Lipinski definition) is 2. The minimum Gasteiger partial charge on any atom is -0.323 e. The van der Waals surface area contributed by atoms with Gasteiger partial charge in [-0.15, -0.1) is 0 Å². The van der Waals surface area contributed by atoms with E-state index < -0.39 is 23.5 Å². The van der Waals surface area contributed by atoms with E-state index in [1.807, 2.05) is 19.9 Å². The number of nitrogens with two attached hydrogens (primary N) is 1. The van der Waals surface area contributed by atoms with Crippen LogP contribution in [0.3, 0.4) is 0 Å². The van der Waals surface area contributed by atoms with Gasteiger partial charge >= 0.3 is 0 Å². The van der Waals surface area contributed by atoms with Crippen molar-refractivity contribution in [2.75, 3.05) is 0 Å². The summed E-state index contributed by atoms with van der Waals surface area (Å²) in [5, 5.41) is 4.25. The van der Waals surface area contributed by atoms with Crippen LogP contribution in [0.2, 0.25) is 0 Å². The van der Waals surface area contributed by atoms with Gasteiger partial charge in [0.15, 0.2) is 0 Å². The highest BCUT2D eigenvalue weighted by molar-refractivity contribution is 5.26. The topological polar surface area (TPSA) is 43.8 Å². The molecule has 1 unspecified atom stereocenters. The van der Waals surface area contributed by atoms with Crippen LogP contribution in [-0.2, 0) is 13.0 Å². The minimum atomic E-state index is -0.964. The van der Waals surface area contributed by atoms with E-state index in [1.165, 1.54) is 0 Å². The van der Waals surface area contributed by atoms with E-state index >= 15 is 0 Å². The van der Waals surface area contributed by atoms with Crippen molar-refractivity contribution in [3.05, 3.63) is 52.6 Å². The molecule has 1 heterocycles. The summed E-state index contributed by atoms with van der Waals surface area (Å²) in [6, 6.07) is 2.21. The summed E-state index contributed by atoms with van der Waals surface area (Å²) < 4.78 is 42.0. The second-order valence-corrected chi connectivity index (χ2v) is 4.69. The van der Waals surface area contributed by atoms with Gasteiger partial charge in [0.1, 0.15) is 17.5 Å². The molecule has 0 bridgehead atoms. The van der Waals surface area contributed by atoms with Gasteiger partial charge in [-0.1, -0.05) is 0 Å². The Morgan fingerprint density at radius 1 is 1.20 bits per heavy atom. The Bertz CT molecular complexity index is 599. The monoisotopic (exact) mass is 283 g/mol. The molecule has 0 aliphatic heterocycles. The van der Waals surface area contributed by atoms with Crippen LogP contribution in [0, 0.1) is 24.4 Å². The summed E-state index contributed by atoms with van der Waals surface area (Å²) in [6.07, 6.45) is 0.230. The van der Waals surface area contributed by atoms with Gasteiger partial charge < -0.3 is 5.73 Å². The molecule has 1 aromatic carbocycles. The zero-order valence-electron chi connectivity index (χ0n) is 11.3. The summed E-state index contributed by atoms with van der Waals surface area (Å²) in [5.41, 5.74) is 7.18. The maximum Gasteiger partial charge on any atom is 0.133 e. The fourth-order valence-corrected chi connectivity index (χ4v) is 2.27. The van der Waals surface area contributed by atoms with Crippen molar-refractivity contribution < 1.29 is 13.2 Å². The van der Waals surface area contributed by atoms with Crippen LogP contribution in [0.5, 0.6) is 0 Å². The first kappa shape index (κ1) is 14.6. The molecule has 2 aromatic rings. The van der Waals surface area contributed by atoms with Gasteiger partial charge in [0.2, 0.25) is 0 Å². The molecule has 2 N–H and O–H groups in total. The molecule has 0 amide bonds. The maximum atomic E-state index is 13.7. The molecule has 0 radical (unpaired) electrons. The van der Waals surface area contributed by atoms with Crippen molar-refractivity contribution in [1.29, 1.82) is 0 Å². The van der Waals surface area contributed by atoms with Gasteiger partial charge in [0.25, 0.3) is 0 Å². The maximum absolute atomic E-state index is 13.7. The van der Waals surface area contributed by atoms with Gasteiger partial charge in [-0.25, -0.2) is 13.2 Å². The van der Waals surface area contributed by atoms with Crippen molar-refractivity contribution in [2.24, 2.45) is 5.73 Å². The molecule has 0 fully saturated rings. The first-order chi connectivity index (χ1) is 9.42. The summed E-state index contributed by atoms with van der Waals surface area (Å²) >= 11 is 0. The van der Waals surface area contributed by atoms with Crippen LogP contribution in [-0.4, -0.2) is 9.78 Å². The summed E-state index contributed by atoms with van der Waals surface area (Å²) in [4.78, 5) is 0. The van der Waals surface area contributed by atoms with Crippen LogP contribution < -0.4 is 5.73 Å². The highest BCUT2D eigenvalue weighted by atomic mass is 19.1. The van der Waals surface area contributed by atoms with E-state index in [1.54, 1.807) is 4.68 Å². The Balaban J connectivity index is 2.30. The van der Waals surface area contributed by atoms with Gasteiger partial charge in [-0.3, -0.25) is 4.68 Å². The standard InChI is InChI=1S/C14H16F3N3/c1-3-20-10(4-8(2)19-20)7-13(18)14-11(16)5-9(15)6-12(14)17/h4-6,13H,3,7,18H2,1-2H3. The second kappa shape index (κ2) is 5.66. The molecular weight excluding hydrogens is 267 g/mol. The smallest absolute Gasteiger partial charge is 0.133 e. The van der Waals surface area contributed by atoms with E-state index in [-0.39, 0.29) is 12.0 Å². The Morgan fingerprint density at radius 2 is 1.80 bits per heavy atom. The van der Waals surface area contributed by atoms with Crippen LogP contribution in [0.15, 0.2) is 18.2 Å². The Kier molecular flexibility index (Phi) is 4.13. The lowest BCUT2D eigenvalue weighted by Gasteiger charge is -2.14. The molecule has 1 atom stereocenters.